The summed E-state index contributed by atoms with van der Waals surface area (Å²) in [6, 6.07) is 5.07. The molecule has 3 rings (SSSR count). The highest BCUT2D eigenvalue weighted by Gasteiger charge is 2.30. The van der Waals surface area contributed by atoms with Crippen LogP contribution in [0.1, 0.15) is 36.0 Å². The van der Waals surface area contributed by atoms with Crippen molar-refractivity contribution in [1.29, 1.82) is 0 Å². The summed E-state index contributed by atoms with van der Waals surface area (Å²) in [5.41, 5.74) is 6.06. The van der Waals surface area contributed by atoms with Crippen LogP contribution in [-0.4, -0.2) is 42.1 Å². The third-order valence-electron chi connectivity index (χ3n) is 5.08. The minimum Gasteiger partial charge on any atom is -0.365 e. The van der Waals surface area contributed by atoms with Crippen molar-refractivity contribution >= 4 is 23.2 Å². The molecule has 1 aliphatic carbocycles. The van der Waals surface area contributed by atoms with Gasteiger partial charge in [-0.2, -0.15) is 0 Å². The van der Waals surface area contributed by atoms with Crippen LogP contribution in [0.5, 0.6) is 0 Å². The van der Waals surface area contributed by atoms with Crippen LogP contribution >= 0.6 is 0 Å². The van der Waals surface area contributed by atoms with Crippen molar-refractivity contribution in [3.8, 4) is 0 Å². The zero-order chi connectivity index (χ0) is 19.4. The summed E-state index contributed by atoms with van der Waals surface area (Å²) in [7, 11) is 3.76. The van der Waals surface area contributed by atoms with E-state index in [9.17, 15) is 9.18 Å². The van der Waals surface area contributed by atoms with E-state index in [1.165, 1.54) is 0 Å². The van der Waals surface area contributed by atoms with Crippen LogP contribution in [0, 0.1) is 5.82 Å². The standard InChI is InChI=1S/C19H25FN6O/c1-22-15-7-3-4-8-16(15)26(2)19-14(20)10-13(17(21)27)18(25-19)24-12-6-5-9-23-11-12/h5-6,9-11,15-16,22H,3-4,7-8H2,1-2H3,(H2,21,27)(H,24,25)/t15-,16+/m0/s1. The predicted molar refractivity (Wildman–Crippen MR) is 104 cm³/mol. The third-order valence-corrected chi connectivity index (χ3v) is 5.08. The molecule has 8 heteroatoms. The van der Waals surface area contributed by atoms with Gasteiger partial charge in [0, 0.05) is 25.3 Å². The van der Waals surface area contributed by atoms with E-state index in [0.29, 0.717) is 5.69 Å². The molecule has 0 aliphatic heterocycles. The Kier molecular flexibility index (Phi) is 5.85. The fourth-order valence-electron chi connectivity index (χ4n) is 3.65. The van der Waals surface area contributed by atoms with Crippen LogP contribution < -0.4 is 21.3 Å². The van der Waals surface area contributed by atoms with E-state index >= 15 is 0 Å². The number of amides is 1. The molecule has 0 saturated heterocycles. The lowest BCUT2D eigenvalue weighted by atomic mass is 9.89. The number of likely N-dealkylation sites (N-methyl/N-ethyl adjacent to an activating group) is 2. The number of nitrogens with two attached hydrogens (primary N) is 1. The molecule has 2 aromatic rings. The van der Waals surface area contributed by atoms with Gasteiger partial charge in [-0.05, 0) is 38.1 Å². The Morgan fingerprint density at radius 3 is 2.81 bits per heavy atom. The first kappa shape index (κ1) is 19.0. The van der Waals surface area contributed by atoms with Gasteiger partial charge in [0.1, 0.15) is 5.82 Å². The summed E-state index contributed by atoms with van der Waals surface area (Å²) in [5.74, 6) is -0.898. The first-order valence-electron chi connectivity index (χ1n) is 9.08. The van der Waals surface area contributed by atoms with Gasteiger partial charge in [-0.25, -0.2) is 9.37 Å². The summed E-state index contributed by atoms with van der Waals surface area (Å²) in [5, 5.41) is 6.34. The first-order valence-corrected chi connectivity index (χ1v) is 9.08. The van der Waals surface area contributed by atoms with E-state index in [4.69, 9.17) is 5.73 Å². The molecule has 2 atom stereocenters. The highest BCUT2D eigenvalue weighted by atomic mass is 19.1. The second-order valence-corrected chi connectivity index (χ2v) is 6.78. The molecule has 1 amide bonds. The van der Waals surface area contributed by atoms with Crippen molar-refractivity contribution in [2.45, 2.75) is 37.8 Å². The van der Waals surface area contributed by atoms with Gasteiger partial charge in [-0.15, -0.1) is 0 Å². The molecule has 4 N–H and O–H groups in total. The number of hydrogen-bond donors (Lipinski definition) is 3. The maximum atomic E-state index is 14.8. The summed E-state index contributed by atoms with van der Waals surface area (Å²) in [6.45, 7) is 0. The van der Waals surface area contributed by atoms with Gasteiger partial charge in [0.25, 0.3) is 5.91 Å². The molecule has 27 heavy (non-hydrogen) atoms. The Bertz CT molecular complexity index is 800. The van der Waals surface area contributed by atoms with Crippen molar-refractivity contribution in [3.63, 3.8) is 0 Å². The second-order valence-electron chi connectivity index (χ2n) is 6.78. The van der Waals surface area contributed by atoms with Gasteiger partial charge in [0.15, 0.2) is 11.6 Å². The Balaban J connectivity index is 1.97. The SMILES string of the molecule is CN[C@H]1CCCC[C@H]1N(C)c1nc(Nc2cccnc2)c(C(N)=O)cc1F. The van der Waals surface area contributed by atoms with E-state index < -0.39 is 11.7 Å². The lowest BCUT2D eigenvalue weighted by molar-refractivity contribution is 0.100. The summed E-state index contributed by atoms with van der Waals surface area (Å²) < 4.78 is 14.8. The van der Waals surface area contributed by atoms with Crippen LogP contribution in [0.4, 0.5) is 21.7 Å². The van der Waals surface area contributed by atoms with Crippen LogP contribution in [0.3, 0.4) is 0 Å². The molecule has 0 aromatic carbocycles. The van der Waals surface area contributed by atoms with Crippen LogP contribution in [-0.2, 0) is 0 Å². The fourth-order valence-corrected chi connectivity index (χ4v) is 3.65. The molecule has 1 fully saturated rings. The quantitative estimate of drug-likeness (QED) is 0.721. The molecule has 0 bridgehead atoms. The topological polar surface area (TPSA) is 96.2 Å². The van der Waals surface area contributed by atoms with Crippen LogP contribution in [0.15, 0.2) is 30.6 Å². The van der Waals surface area contributed by atoms with Crippen molar-refractivity contribution in [2.75, 3.05) is 24.3 Å². The predicted octanol–water partition coefficient (Wildman–Crippen LogP) is 2.42. The average Bonchev–Trinajstić information content (AvgIpc) is 2.69. The van der Waals surface area contributed by atoms with E-state index in [1.54, 1.807) is 24.5 Å². The number of anilines is 3. The lowest BCUT2D eigenvalue weighted by Gasteiger charge is -2.38. The van der Waals surface area contributed by atoms with Gasteiger partial charge in [-0.3, -0.25) is 9.78 Å². The number of nitrogens with one attached hydrogen (secondary N) is 2. The number of carbonyl (C=O) groups is 1. The van der Waals surface area contributed by atoms with Crippen molar-refractivity contribution < 1.29 is 9.18 Å². The van der Waals surface area contributed by atoms with Gasteiger partial charge >= 0.3 is 0 Å². The fraction of sp³-hybridized carbons (Fsp3) is 0.421. The molecule has 1 saturated carbocycles. The highest BCUT2D eigenvalue weighted by Crippen LogP contribution is 2.30. The number of rotatable bonds is 6. The second kappa shape index (κ2) is 8.30. The summed E-state index contributed by atoms with van der Waals surface area (Å²) >= 11 is 0. The van der Waals surface area contributed by atoms with E-state index in [0.717, 1.165) is 31.7 Å². The zero-order valence-corrected chi connectivity index (χ0v) is 15.6. The molecule has 1 aliphatic rings. The Labute approximate surface area is 158 Å². The number of halogens is 1. The van der Waals surface area contributed by atoms with E-state index in [-0.39, 0.29) is 29.3 Å². The molecule has 2 heterocycles. The Hall–Kier alpha value is -2.74. The number of aromatic nitrogens is 2. The number of carbonyl (C=O) groups excluding carboxylic acids is 1. The van der Waals surface area contributed by atoms with Crippen molar-refractivity contribution in [1.82, 2.24) is 15.3 Å². The number of pyridine rings is 2. The normalized spacial score (nSPS) is 19.5. The number of nitrogens with zero attached hydrogens (tertiary/aromatic N) is 3. The molecule has 144 valence electrons. The lowest BCUT2D eigenvalue weighted by Crippen LogP contribution is -2.50. The maximum absolute atomic E-state index is 14.8. The van der Waals surface area contributed by atoms with E-state index in [2.05, 4.69) is 20.6 Å². The molecule has 7 nitrogen and oxygen atoms in total. The van der Waals surface area contributed by atoms with Crippen molar-refractivity contribution in [3.05, 3.63) is 42.0 Å². The molecule has 2 aromatic heterocycles. The van der Waals surface area contributed by atoms with Gasteiger partial charge in [0.05, 0.1) is 17.4 Å². The number of primary amides is 1. The van der Waals surface area contributed by atoms with Gasteiger partial charge < -0.3 is 21.3 Å². The summed E-state index contributed by atoms with van der Waals surface area (Å²) in [4.78, 5) is 22.1. The minimum atomic E-state index is -0.743. The molecule has 0 radical (unpaired) electrons. The average molecular weight is 372 g/mol. The number of hydrogen-bond acceptors (Lipinski definition) is 6. The Morgan fingerprint density at radius 1 is 1.37 bits per heavy atom. The smallest absolute Gasteiger partial charge is 0.252 e. The van der Waals surface area contributed by atoms with Gasteiger partial charge in [0.2, 0.25) is 0 Å². The largest absolute Gasteiger partial charge is 0.365 e. The molecule has 0 spiro atoms. The molecular formula is C19H25FN6O. The molecular weight excluding hydrogens is 347 g/mol. The zero-order valence-electron chi connectivity index (χ0n) is 15.6. The van der Waals surface area contributed by atoms with Gasteiger partial charge in [-0.1, -0.05) is 12.8 Å². The monoisotopic (exact) mass is 372 g/mol. The highest BCUT2D eigenvalue weighted by molar-refractivity contribution is 5.98. The van der Waals surface area contributed by atoms with Crippen LogP contribution in [0.2, 0.25) is 0 Å². The summed E-state index contributed by atoms with van der Waals surface area (Å²) in [6.07, 6.45) is 7.46. The Morgan fingerprint density at radius 2 is 2.15 bits per heavy atom. The molecule has 0 unspecified atom stereocenters. The minimum absolute atomic E-state index is 0.00214. The van der Waals surface area contributed by atoms with Crippen LogP contribution in [0.25, 0.3) is 0 Å². The van der Waals surface area contributed by atoms with E-state index in [1.807, 2.05) is 19.0 Å². The first-order chi connectivity index (χ1) is 13.0. The van der Waals surface area contributed by atoms with Crippen molar-refractivity contribution in [2.24, 2.45) is 5.73 Å². The third kappa shape index (κ3) is 4.16. The maximum Gasteiger partial charge on any atom is 0.252 e.